The van der Waals surface area contributed by atoms with E-state index in [-0.39, 0.29) is 6.54 Å². The van der Waals surface area contributed by atoms with Crippen LogP contribution in [0.4, 0.5) is 0 Å². The number of hydrogen-bond donors (Lipinski definition) is 2. The molecule has 2 aromatic rings. The molecule has 23 heavy (non-hydrogen) atoms. The van der Waals surface area contributed by atoms with E-state index in [0.29, 0.717) is 6.54 Å². The van der Waals surface area contributed by atoms with Crippen molar-refractivity contribution in [1.82, 2.24) is 15.1 Å². The number of carboxylic acids is 1. The highest BCUT2D eigenvalue weighted by atomic mass is 16.4. The fourth-order valence-corrected chi connectivity index (χ4v) is 2.34. The second kappa shape index (κ2) is 7.09. The van der Waals surface area contributed by atoms with Gasteiger partial charge in [0.05, 0.1) is 12.2 Å². The molecule has 1 aromatic carbocycles. The van der Waals surface area contributed by atoms with Crippen LogP contribution < -0.4 is 5.32 Å². The van der Waals surface area contributed by atoms with E-state index >= 15 is 0 Å². The number of carboxylic acid groups (broad SMARTS) is 1. The summed E-state index contributed by atoms with van der Waals surface area (Å²) in [6, 6.07) is 10.00. The number of aliphatic carboxylic acids is 1. The first-order valence-corrected chi connectivity index (χ1v) is 7.47. The summed E-state index contributed by atoms with van der Waals surface area (Å²) in [7, 11) is 0. The number of hydrogen-bond acceptors (Lipinski definition) is 3. The Balaban J connectivity index is 2.09. The first kappa shape index (κ1) is 16.7. The first-order chi connectivity index (χ1) is 10.9. The highest BCUT2D eigenvalue weighted by Gasteiger charge is 2.21. The van der Waals surface area contributed by atoms with Crippen molar-refractivity contribution in [2.24, 2.45) is 5.92 Å². The molecular weight excluding hydrogens is 294 g/mol. The Morgan fingerprint density at radius 2 is 1.91 bits per heavy atom. The molecule has 1 aromatic heterocycles. The molecule has 6 heteroatoms. The summed E-state index contributed by atoms with van der Waals surface area (Å²) >= 11 is 0. The first-order valence-electron chi connectivity index (χ1n) is 7.47. The van der Waals surface area contributed by atoms with Crippen molar-refractivity contribution < 1.29 is 14.7 Å². The minimum Gasteiger partial charge on any atom is -0.481 e. The Bertz CT molecular complexity index is 707. The largest absolute Gasteiger partial charge is 0.481 e. The molecule has 0 aliphatic carbocycles. The number of aryl methyl sites for hydroxylation is 1. The molecular formula is C17H21N3O3. The van der Waals surface area contributed by atoms with E-state index in [4.69, 9.17) is 5.11 Å². The van der Waals surface area contributed by atoms with E-state index in [2.05, 4.69) is 10.4 Å². The van der Waals surface area contributed by atoms with Crippen LogP contribution in [0, 0.1) is 19.8 Å². The van der Waals surface area contributed by atoms with Gasteiger partial charge >= 0.3 is 5.97 Å². The SMILES string of the molecule is Cc1nn(Cc2ccccc2)c(C)c1CNC(=O)C(C)C(=O)O. The third kappa shape index (κ3) is 3.97. The van der Waals surface area contributed by atoms with Gasteiger partial charge in [-0.2, -0.15) is 5.10 Å². The topological polar surface area (TPSA) is 84.2 Å². The summed E-state index contributed by atoms with van der Waals surface area (Å²) in [5.41, 5.74) is 3.87. The van der Waals surface area contributed by atoms with Crippen molar-refractivity contribution in [2.45, 2.75) is 33.9 Å². The summed E-state index contributed by atoms with van der Waals surface area (Å²) in [6.45, 7) is 6.15. The second-order valence-electron chi connectivity index (χ2n) is 5.57. The number of carbonyl (C=O) groups excluding carboxylic acids is 1. The fourth-order valence-electron chi connectivity index (χ4n) is 2.34. The van der Waals surface area contributed by atoms with Crippen LogP contribution in [-0.4, -0.2) is 26.8 Å². The molecule has 122 valence electrons. The lowest BCUT2D eigenvalue weighted by Crippen LogP contribution is -2.33. The Morgan fingerprint density at radius 1 is 1.26 bits per heavy atom. The maximum absolute atomic E-state index is 11.8. The van der Waals surface area contributed by atoms with Gasteiger partial charge in [-0.25, -0.2) is 0 Å². The van der Waals surface area contributed by atoms with Gasteiger partial charge in [-0.05, 0) is 26.3 Å². The Hall–Kier alpha value is -2.63. The monoisotopic (exact) mass is 315 g/mol. The maximum Gasteiger partial charge on any atom is 0.315 e. The molecule has 0 aliphatic rings. The van der Waals surface area contributed by atoms with Gasteiger partial charge in [-0.3, -0.25) is 14.3 Å². The van der Waals surface area contributed by atoms with Crippen molar-refractivity contribution in [2.75, 3.05) is 0 Å². The second-order valence-corrected chi connectivity index (χ2v) is 5.57. The lowest BCUT2D eigenvalue weighted by Gasteiger charge is -2.09. The van der Waals surface area contributed by atoms with Crippen molar-refractivity contribution in [3.63, 3.8) is 0 Å². The highest BCUT2D eigenvalue weighted by Crippen LogP contribution is 2.15. The highest BCUT2D eigenvalue weighted by molar-refractivity contribution is 5.96. The quantitative estimate of drug-likeness (QED) is 0.797. The lowest BCUT2D eigenvalue weighted by molar-refractivity contribution is -0.146. The standard InChI is InChI=1S/C17H21N3O3/c1-11(17(22)23)16(21)18-9-15-12(2)19-20(13(15)3)10-14-7-5-4-6-8-14/h4-8,11H,9-10H2,1-3H3,(H,18,21)(H,22,23). The summed E-state index contributed by atoms with van der Waals surface area (Å²) in [6.07, 6.45) is 0. The molecule has 2 rings (SSSR count). The van der Waals surface area contributed by atoms with Crippen LogP contribution in [0.5, 0.6) is 0 Å². The van der Waals surface area contributed by atoms with Gasteiger partial charge in [-0.15, -0.1) is 0 Å². The van der Waals surface area contributed by atoms with Crippen LogP contribution in [-0.2, 0) is 22.7 Å². The molecule has 0 radical (unpaired) electrons. The molecule has 1 unspecified atom stereocenters. The molecule has 0 saturated heterocycles. The number of carbonyl (C=O) groups is 2. The number of rotatable bonds is 6. The van der Waals surface area contributed by atoms with E-state index in [0.717, 1.165) is 22.5 Å². The molecule has 0 bridgehead atoms. The zero-order valence-electron chi connectivity index (χ0n) is 13.5. The summed E-state index contributed by atoms with van der Waals surface area (Å²) < 4.78 is 1.90. The number of benzene rings is 1. The van der Waals surface area contributed by atoms with Crippen LogP contribution in [0.15, 0.2) is 30.3 Å². The van der Waals surface area contributed by atoms with Crippen LogP contribution in [0.1, 0.15) is 29.4 Å². The van der Waals surface area contributed by atoms with Crippen molar-refractivity contribution >= 4 is 11.9 Å². The third-order valence-corrected chi connectivity index (χ3v) is 3.91. The van der Waals surface area contributed by atoms with Crippen LogP contribution in [0.25, 0.3) is 0 Å². The average molecular weight is 315 g/mol. The fraction of sp³-hybridized carbons (Fsp3) is 0.353. The molecule has 1 atom stereocenters. The minimum absolute atomic E-state index is 0.281. The molecule has 2 N–H and O–H groups in total. The van der Waals surface area contributed by atoms with Gasteiger partial charge in [0.15, 0.2) is 0 Å². The Kier molecular flexibility index (Phi) is 5.16. The zero-order valence-corrected chi connectivity index (χ0v) is 13.5. The molecule has 0 saturated carbocycles. The normalized spacial score (nSPS) is 12.0. The smallest absolute Gasteiger partial charge is 0.315 e. The van der Waals surface area contributed by atoms with Gasteiger partial charge < -0.3 is 10.4 Å². The summed E-state index contributed by atoms with van der Waals surface area (Å²) in [4.78, 5) is 22.6. The molecule has 1 heterocycles. The van der Waals surface area contributed by atoms with E-state index in [1.54, 1.807) is 0 Å². The number of amides is 1. The van der Waals surface area contributed by atoms with Crippen molar-refractivity contribution in [3.8, 4) is 0 Å². The zero-order chi connectivity index (χ0) is 17.0. The lowest BCUT2D eigenvalue weighted by atomic mass is 10.1. The number of aromatic nitrogens is 2. The van der Waals surface area contributed by atoms with Crippen molar-refractivity contribution in [3.05, 3.63) is 52.8 Å². The Morgan fingerprint density at radius 3 is 2.52 bits per heavy atom. The van der Waals surface area contributed by atoms with Gasteiger partial charge in [0.2, 0.25) is 5.91 Å². The predicted molar refractivity (Wildman–Crippen MR) is 85.9 cm³/mol. The third-order valence-electron chi connectivity index (χ3n) is 3.91. The van der Waals surface area contributed by atoms with Crippen LogP contribution >= 0.6 is 0 Å². The molecule has 0 spiro atoms. The number of nitrogens with zero attached hydrogens (tertiary/aromatic N) is 2. The van der Waals surface area contributed by atoms with E-state index in [9.17, 15) is 9.59 Å². The average Bonchev–Trinajstić information content (AvgIpc) is 2.79. The molecule has 1 amide bonds. The maximum atomic E-state index is 11.8. The van der Waals surface area contributed by atoms with Crippen LogP contribution in [0.2, 0.25) is 0 Å². The van der Waals surface area contributed by atoms with Gasteiger partial charge in [-0.1, -0.05) is 30.3 Å². The minimum atomic E-state index is -1.13. The predicted octanol–water partition coefficient (Wildman–Crippen LogP) is 1.89. The van der Waals surface area contributed by atoms with Crippen molar-refractivity contribution in [1.29, 1.82) is 0 Å². The summed E-state index contributed by atoms with van der Waals surface area (Å²) in [5.74, 6) is -2.68. The Labute approximate surface area is 135 Å². The molecule has 0 aliphatic heterocycles. The van der Waals surface area contributed by atoms with Gasteiger partial charge in [0.25, 0.3) is 0 Å². The van der Waals surface area contributed by atoms with Gasteiger partial charge in [0.1, 0.15) is 5.92 Å². The van der Waals surface area contributed by atoms with E-state index in [1.165, 1.54) is 6.92 Å². The van der Waals surface area contributed by atoms with Crippen LogP contribution in [0.3, 0.4) is 0 Å². The molecule has 0 fully saturated rings. The summed E-state index contributed by atoms with van der Waals surface area (Å²) in [5, 5.41) is 16.0. The number of nitrogens with one attached hydrogen (secondary N) is 1. The van der Waals surface area contributed by atoms with E-state index in [1.807, 2.05) is 48.9 Å². The van der Waals surface area contributed by atoms with E-state index < -0.39 is 17.8 Å². The molecule has 6 nitrogen and oxygen atoms in total. The van der Waals surface area contributed by atoms with Gasteiger partial charge in [0, 0.05) is 17.8 Å².